The van der Waals surface area contributed by atoms with Gasteiger partial charge in [0.05, 0.1) is 0 Å². The summed E-state index contributed by atoms with van der Waals surface area (Å²) < 4.78 is 6.05. The summed E-state index contributed by atoms with van der Waals surface area (Å²) in [6.07, 6.45) is 4.72. The number of aromatic nitrogens is 2. The molecule has 0 saturated carbocycles. The van der Waals surface area contributed by atoms with Gasteiger partial charge in [0.15, 0.2) is 0 Å². The summed E-state index contributed by atoms with van der Waals surface area (Å²) >= 11 is 0. The number of pyridine rings is 1. The minimum Gasteiger partial charge on any atom is -0.489 e. The van der Waals surface area contributed by atoms with Crippen molar-refractivity contribution >= 4 is 11.0 Å². The molecule has 0 aliphatic carbocycles. The van der Waals surface area contributed by atoms with Gasteiger partial charge in [-0.25, -0.2) is 4.98 Å². The lowest BCUT2D eigenvalue weighted by molar-refractivity contribution is 0.304. The predicted octanol–water partition coefficient (Wildman–Crippen LogP) is 5.04. The van der Waals surface area contributed by atoms with Crippen molar-refractivity contribution in [2.75, 3.05) is 0 Å². The highest BCUT2D eigenvalue weighted by atomic mass is 16.5. The Balaban J connectivity index is 1.56. The van der Waals surface area contributed by atoms with Crippen LogP contribution < -0.4 is 4.74 Å². The molecule has 0 atom stereocenters. The molecule has 124 valence electrons. The molecule has 0 aliphatic rings. The number of aromatic amines is 1. The maximum atomic E-state index is 6.05. The molecule has 0 fully saturated rings. The second kappa shape index (κ2) is 6.81. The van der Waals surface area contributed by atoms with E-state index < -0.39 is 0 Å². The summed E-state index contributed by atoms with van der Waals surface area (Å²) in [6, 6.07) is 20.6. The summed E-state index contributed by atoms with van der Waals surface area (Å²) in [4.78, 5) is 7.61. The van der Waals surface area contributed by atoms with E-state index in [9.17, 15) is 0 Å². The zero-order valence-electron chi connectivity index (χ0n) is 14.2. The SMILES string of the molecule is Cc1c(Cc2c[nH]c3ncccc23)cccc1OCc1ccccc1. The van der Waals surface area contributed by atoms with Gasteiger partial charge in [-0.3, -0.25) is 0 Å². The Labute approximate surface area is 147 Å². The van der Waals surface area contributed by atoms with Crippen LogP contribution >= 0.6 is 0 Å². The van der Waals surface area contributed by atoms with E-state index in [1.54, 1.807) is 0 Å². The first-order valence-electron chi connectivity index (χ1n) is 8.47. The number of hydrogen-bond donors (Lipinski definition) is 1. The number of benzene rings is 2. The van der Waals surface area contributed by atoms with Crippen LogP contribution in [0, 0.1) is 6.92 Å². The largest absolute Gasteiger partial charge is 0.489 e. The van der Waals surface area contributed by atoms with Crippen molar-refractivity contribution in [3.05, 3.63) is 95.3 Å². The fourth-order valence-corrected chi connectivity index (χ4v) is 3.11. The summed E-state index contributed by atoms with van der Waals surface area (Å²) in [5.74, 6) is 0.944. The Bertz CT molecular complexity index is 989. The normalized spacial score (nSPS) is 10.9. The van der Waals surface area contributed by atoms with Crippen LogP contribution in [0.25, 0.3) is 11.0 Å². The quantitative estimate of drug-likeness (QED) is 0.557. The molecule has 25 heavy (non-hydrogen) atoms. The molecule has 2 aromatic carbocycles. The lowest BCUT2D eigenvalue weighted by Crippen LogP contribution is -1.99. The van der Waals surface area contributed by atoms with Crippen LogP contribution in [-0.2, 0) is 13.0 Å². The zero-order chi connectivity index (χ0) is 17.1. The molecular weight excluding hydrogens is 308 g/mol. The molecule has 2 heterocycles. The van der Waals surface area contributed by atoms with Crippen LogP contribution in [0.3, 0.4) is 0 Å². The van der Waals surface area contributed by atoms with Gasteiger partial charge >= 0.3 is 0 Å². The van der Waals surface area contributed by atoms with Crippen molar-refractivity contribution in [1.29, 1.82) is 0 Å². The first-order valence-corrected chi connectivity index (χ1v) is 8.47. The number of fused-ring (bicyclic) bond motifs is 1. The molecule has 0 amide bonds. The molecule has 0 aliphatic heterocycles. The lowest BCUT2D eigenvalue weighted by Gasteiger charge is -2.13. The fourth-order valence-electron chi connectivity index (χ4n) is 3.11. The fraction of sp³-hybridized carbons (Fsp3) is 0.136. The number of rotatable bonds is 5. The standard InChI is InChI=1S/C22H20N2O/c1-16-18(13-19-14-24-22-20(19)10-6-12-23-22)9-5-11-21(16)25-15-17-7-3-2-4-8-17/h2-12,14H,13,15H2,1H3,(H,23,24). The highest BCUT2D eigenvalue weighted by Crippen LogP contribution is 2.26. The number of nitrogens with zero attached hydrogens (tertiary/aromatic N) is 1. The highest BCUT2D eigenvalue weighted by molar-refractivity contribution is 5.79. The zero-order valence-corrected chi connectivity index (χ0v) is 14.2. The van der Waals surface area contributed by atoms with Crippen molar-refractivity contribution in [3.8, 4) is 5.75 Å². The predicted molar refractivity (Wildman–Crippen MR) is 101 cm³/mol. The van der Waals surface area contributed by atoms with E-state index in [2.05, 4.69) is 53.4 Å². The van der Waals surface area contributed by atoms with Crippen molar-refractivity contribution < 1.29 is 4.74 Å². The molecule has 0 spiro atoms. The topological polar surface area (TPSA) is 37.9 Å². The van der Waals surface area contributed by atoms with E-state index in [4.69, 9.17) is 4.74 Å². The van der Waals surface area contributed by atoms with Gasteiger partial charge in [-0.2, -0.15) is 0 Å². The molecule has 0 saturated heterocycles. The Morgan fingerprint density at radius 2 is 1.80 bits per heavy atom. The minimum absolute atomic E-state index is 0.585. The van der Waals surface area contributed by atoms with E-state index in [0.29, 0.717) is 6.61 Å². The Morgan fingerprint density at radius 1 is 0.920 bits per heavy atom. The molecule has 1 N–H and O–H groups in total. The van der Waals surface area contributed by atoms with Crippen molar-refractivity contribution in [1.82, 2.24) is 9.97 Å². The van der Waals surface area contributed by atoms with Crippen molar-refractivity contribution in [2.24, 2.45) is 0 Å². The Hall–Kier alpha value is -3.07. The molecule has 0 unspecified atom stereocenters. The van der Waals surface area contributed by atoms with Gasteiger partial charge in [0.2, 0.25) is 0 Å². The van der Waals surface area contributed by atoms with Crippen LogP contribution in [0.1, 0.15) is 22.3 Å². The average Bonchev–Trinajstić information content (AvgIpc) is 3.06. The van der Waals surface area contributed by atoms with Crippen LogP contribution in [0.4, 0.5) is 0 Å². The monoisotopic (exact) mass is 328 g/mol. The van der Waals surface area contributed by atoms with E-state index in [1.807, 2.05) is 36.5 Å². The third-order valence-corrected chi connectivity index (χ3v) is 4.55. The van der Waals surface area contributed by atoms with Gasteiger partial charge in [0.1, 0.15) is 18.0 Å². The maximum Gasteiger partial charge on any atom is 0.137 e. The first-order chi connectivity index (χ1) is 12.3. The molecule has 2 aromatic heterocycles. The van der Waals surface area contributed by atoms with Crippen LogP contribution in [0.15, 0.2) is 73.1 Å². The Kier molecular flexibility index (Phi) is 4.21. The first kappa shape index (κ1) is 15.5. The average molecular weight is 328 g/mol. The molecular formula is C22H20N2O. The van der Waals surface area contributed by atoms with Crippen LogP contribution in [-0.4, -0.2) is 9.97 Å². The van der Waals surface area contributed by atoms with Crippen molar-refractivity contribution in [3.63, 3.8) is 0 Å². The lowest BCUT2D eigenvalue weighted by atomic mass is 10.00. The maximum absolute atomic E-state index is 6.05. The van der Waals surface area contributed by atoms with Gasteiger partial charge in [-0.1, -0.05) is 42.5 Å². The summed E-state index contributed by atoms with van der Waals surface area (Å²) in [7, 11) is 0. The smallest absolute Gasteiger partial charge is 0.137 e. The van der Waals surface area contributed by atoms with E-state index in [-0.39, 0.29) is 0 Å². The van der Waals surface area contributed by atoms with E-state index in [0.717, 1.165) is 17.8 Å². The highest BCUT2D eigenvalue weighted by Gasteiger charge is 2.09. The number of nitrogens with one attached hydrogen (secondary N) is 1. The van der Waals surface area contributed by atoms with Gasteiger partial charge < -0.3 is 9.72 Å². The molecule has 0 bridgehead atoms. The van der Waals surface area contributed by atoms with Crippen LogP contribution in [0.2, 0.25) is 0 Å². The minimum atomic E-state index is 0.585. The Morgan fingerprint density at radius 3 is 2.68 bits per heavy atom. The van der Waals surface area contributed by atoms with Crippen molar-refractivity contribution in [2.45, 2.75) is 20.0 Å². The number of ether oxygens (including phenoxy) is 1. The van der Waals surface area contributed by atoms with Gasteiger partial charge in [0.25, 0.3) is 0 Å². The molecule has 0 radical (unpaired) electrons. The number of H-pyrrole nitrogens is 1. The van der Waals surface area contributed by atoms with E-state index in [1.165, 1.54) is 27.6 Å². The van der Waals surface area contributed by atoms with E-state index >= 15 is 0 Å². The van der Waals surface area contributed by atoms with Crippen LogP contribution in [0.5, 0.6) is 5.75 Å². The van der Waals surface area contributed by atoms with Gasteiger partial charge in [-0.15, -0.1) is 0 Å². The third kappa shape index (κ3) is 3.26. The summed E-state index contributed by atoms with van der Waals surface area (Å²) in [5, 5.41) is 1.18. The third-order valence-electron chi connectivity index (χ3n) is 4.55. The summed E-state index contributed by atoms with van der Waals surface area (Å²) in [5.41, 5.74) is 5.83. The molecule has 4 rings (SSSR count). The van der Waals surface area contributed by atoms with Gasteiger partial charge in [-0.05, 0) is 53.8 Å². The second-order valence-corrected chi connectivity index (χ2v) is 6.20. The molecule has 4 aromatic rings. The second-order valence-electron chi connectivity index (χ2n) is 6.20. The summed E-state index contributed by atoms with van der Waals surface area (Å²) in [6.45, 7) is 2.71. The molecule has 3 nitrogen and oxygen atoms in total. The molecule has 3 heteroatoms. The van der Waals surface area contributed by atoms with Gasteiger partial charge in [0, 0.05) is 17.8 Å². The number of hydrogen-bond acceptors (Lipinski definition) is 2.